The summed E-state index contributed by atoms with van der Waals surface area (Å²) >= 11 is 0. The Morgan fingerprint density at radius 3 is 2.65 bits per heavy atom. The fourth-order valence-electron chi connectivity index (χ4n) is 2.84. The van der Waals surface area contributed by atoms with Crippen LogP contribution in [0.15, 0.2) is 36.4 Å². The van der Waals surface area contributed by atoms with Crippen molar-refractivity contribution in [2.45, 2.75) is 18.5 Å². The molecule has 3 rings (SSSR count). The van der Waals surface area contributed by atoms with Gasteiger partial charge in [-0.05, 0) is 29.3 Å². The normalized spacial score (nSPS) is 20.4. The number of amides is 1. The lowest BCUT2D eigenvalue weighted by Crippen LogP contribution is -2.36. The molecule has 1 heterocycles. The molecule has 0 radical (unpaired) electrons. The summed E-state index contributed by atoms with van der Waals surface area (Å²) in [6.45, 7) is 0.486. The first-order valence-corrected chi connectivity index (χ1v) is 7.42. The van der Waals surface area contributed by atoms with E-state index in [1.165, 1.54) is 7.11 Å². The molecule has 2 atom stereocenters. The number of rotatable bonds is 3. The first-order valence-electron chi connectivity index (χ1n) is 7.42. The third kappa shape index (κ3) is 3.12. The van der Waals surface area contributed by atoms with E-state index in [4.69, 9.17) is 0 Å². The van der Waals surface area contributed by atoms with E-state index >= 15 is 0 Å². The number of benzene rings is 2. The van der Waals surface area contributed by atoms with Crippen LogP contribution < -0.4 is 10.6 Å². The van der Waals surface area contributed by atoms with Crippen LogP contribution in [0.2, 0.25) is 0 Å². The number of hydrogen-bond donors (Lipinski definition) is 3. The molecule has 1 amide bonds. The predicted molar refractivity (Wildman–Crippen MR) is 85.3 cm³/mol. The van der Waals surface area contributed by atoms with Crippen molar-refractivity contribution in [2.75, 3.05) is 13.7 Å². The van der Waals surface area contributed by atoms with Gasteiger partial charge < -0.3 is 20.5 Å². The van der Waals surface area contributed by atoms with Crippen molar-refractivity contribution < 1.29 is 19.4 Å². The molecular weight excluding hydrogens is 296 g/mol. The van der Waals surface area contributed by atoms with Crippen molar-refractivity contribution in [1.82, 2.24) is 10.6 Å². The van der Waals surface area contributed by atoms with Crippen LogP contribution in [0.4, 0.5) is 0 Å². The van der Waals surface area contributed by atoms with Crippen LogP contribution in [0, 0.1) is 0 Å². The van der Waals surface area contributed by atoms with Gasteiger partial charge in [0.15, 0.2) is 0 Å². The number of ether oxygens (including phenoxy) is 1. The minimum atomic E-state index is -0.407. The maximum atomic E-state index is 12.4. The van der Waals surface area contributed by atoms with Gasteiger partial charge in [-0.15, -0.1) is 0 Å². The summed E-state index contributed by atoms with van der Waals surface area (Å²) in [7, 11) is 1.34. The summed E-state index contributed by atoms with van der Waals surface area (Å²) < 4.78 is 4.69. The second kappa shape index (κ2) is 6.26. The van der Waals surface area contributed by atoms with Gasteiger partial charge in [0.25, 0.3) is 5.91 Å². The lowest BCUT2D eigenvalue weighted by molar-refractivity contribution is -0.142. The number of nitrogens with one attached hydrogen (secondary N) is 2. The van der Waals surface area contributed by atoms with Crippen molar-refractivity contribution in [3.05, 3.63) is 42.0 Å². The van der Waals surface area contributed by atoms with Crippen LogP contribution in [-0.2, 0) is 9.53 Å². The molecule has 0 spiro atoms. The van der Waals surface area contributed by atoms with E-state index in [-0.39, 0.29) is 29.2 Å². The third-order valence-corrected chi connectivity index (χ3v) is 4.06. The molecule has 2 aromatic rings. The van der Waals surface area contributed by atoms with Gasteiger partial charge in [-0.1, -0.05) is 24.3 Å². The number of carbonyl (C=O) groups is 2. The van der Waals surface area contributed by atoms with Crippen LogP contribution in [-0.4, -0.2) is 42.7 Å². The molecule has 1 aliphatic heterocycles. The number of aromatic hydroxyl groups is 1. The minimum absolute atomic E-state index is 0.0586. The zero-order valence-corrected chi connectivity index (χ0v) is 12.7. The predicted octanol–water partition coefficient (Wildman–Crippen LogP) is 1.18. The van der Waals surface area contributed by atoms with E-state index in [1.54, 1.807) is 12.1 Å². The molecule has 1 saturated heterocycles. The molecule has 0 saturated carbocycles. The Kier molecular flexibility index (Phi) is 4.16. The molecule has 23 heavy (non-hydrogen) atoms. The van der Waals surface area contributed by atoms with Crippen molar-refractivity contribution in [1.29, 1.82) is 0 Å². The van der Waals surface area contributed by atoms with Gasteiger partial charge in [-0.2, -0.15) is 0 Å². The Hall–Kier alpha value is -2.60. The Bertz CT molecular complexity index is 759. The zero-order valence-electron chi connectivity index (χ0n) is 12.7. The summed E-state index contributed by atoms with van der Waals surface area (Å²) in [6.07, 6.45) is 0.465. The number of phenolic OH excluding ortho intramolecular Hbond substituents is 1. The van der Waals surface area contributed by atoms with Gasteiger partial charge in [0.2, 0.25) is 0 Å². The van der Waals surface area contributed by atoms with Crippen LogP contribution in [0.1, 0.15) is 16.8 Å². The van der Waals surface area contributed by atoms with Gasteiger partial charge in [0.05, 0.1) is 12.7 Å². The number of fused-ring (bicyclic) bond motifs is 1. The number of methoxy groups -OCH3 is 1. The molecule has 2 aromatic carbocycles. The van der Waals surface area contributed by atoms with E-state index in [0.29, 0.717) is 13.0 Å². The Morgan fingerprint density at radius 2 is 1.96 bits per heavy atom. The van der Waals surface area contributed by atoms with E-state index in [9.17, 15) is 14.7 Å². The molecule has 1 fully saturated rings. The average Bonchev–Trinajstić information content (AvgIpc) is 3.01. The molecule has 6 nitrogen and oxygen atoms in total. The number of hydrogen-bond acceptors (Lipinski definition) is 5. The van der Waals surface area contributed by atoms with E-state index in [2.05, 4.69) is 15.4 Å². The van der Waals surface area contributed by atoms with Crippen molar-refractivity contribution in [3.8, 4) is 5.75 Å². The minimum Gasteiger partial charge on any atom is -0.507 e. The highest BCUT2D eigenvalue weighted by atomic mass is 16.5. The standard InChI is InChI=1S/C17H18N2O4/c1-23-17(22)14-8-12(9-18-14)19-16(21)13-6-10-4-2-3-5-11(10)7-15(13)20/h2-7,12,14,18,20H,8-9H2,1H3,(H,19,21)/t12-,14+/m1/s1. The molecule has 0 aromatic heterocycles. The molecule has 0 aliphatic carbocycles. The highest BCUT2D eigenvalue weighted by molar-refractivity contribution is 6.01. The van der Waals surface area contributed by atoms with Gasteiger partial charge in [0.1, 0.15) is 11.8 Å². The van der Waals surface area contributed by atoms with Crippen LogP contribution in [0.3, 0.4) is 0 Å². The third-order valence-electron chi connectivity index (χ3n) is 4.06. The average molecular weight is 314 g/mol. The van der Waals surface area contributed by atoms with E-state index in [0.717, 1.165) is 10.8 Å². The molecule has 120 valence electrons. The van der Waals surface area contributed by atoms with Gasteiger partial charge in [-0.3, -0.25) is 9.59 Å². The summed E-state index contributed by atoms with van der Waals surface area (Å²) in [5.41, 5.74) is 0.227. The lowest BCUT2D eigenvalue weighted by atomic mass is 10.0. The lowest BCUT2D eigenvalue weighted by Gasteiger charge is -2.13. The summed E-state index contributed by atoms with van der Waals surface area (Å²) in [6, 6.07) is 10.2. The monoisotopic (exact) mass is 314 g/mol. The molecule has 3 N–H and O–H groups in total. The first-order chi connectivity index (χ1) is 11.1. The number of esters is 1. The van der Waals surface area contributed by atoms with Crippen LogP contribution >= 0.6 is 0 Å². The molecular formula is C17H18N2O4. The molecule has 6 heteroatoms. The smallest absolute Gasteiger partial charge is 0.322 e. The van der Waals surface area contributed by atoms with Crippen LogP contribution in [0.5, 0.6) is 5.75 Å². The molecule has 0 unspecified atom stereocenters. The topological polar surface area (TPSA) is 87.7 Å². The van der Waals surface area contributed by atoms with Crippen molar-refractivity contribution >= 4 is 22.6 Å². The summed E-state index contributed by atoms with van der Waals surface area (Å²) in [4.78, 5) is 23.9. The molecule has 0 bridgehead atoms. The second-order valence-corrected chi connectivity index (χ2v) is 5.61. The maximum Gasteiger partial charge on any atom is 0.322 e. The Balaban J connectivity index is 1.74. The second-order valence-electron chi connectivity index (χ2n) is 5.61. The highest BCUT2D eigenvalue weighted by Crippen LogP contribution is 2.25. The van der Waals surface area contributed by atoms with Crippen molar-refractivity contribution in [2.24, 2.45) is 0 Å². The summed E-state index contributed by atoms with van der Waals surface area (Å²) in [5.74, 6) is -0.752. The SMILES string of the molecule is COC(=O)[C@@H]1C[C@@H](NC(=O)c2cc3ccccc3cc2O)CN1. The van der Waals surface area contributed by atoms with E-state index < -0.39 is 6.04 Å². The van der Waals surface area contributed by atoms with Gasteiger partial charge >= 0.3 is 5.97 Å². The molecule has 1 aliphatic rings. The zero-order chi connectivity index (χ0) is 16.4. The Morgan fingerprint density at radius 1 is 1.26 bits per heavy atom. The maximum absolute atomic E-state index is 12.4. The fourth-order valence-corrected chi connectivity index (χ4v) is 2.84. The van der Waals surface area contributed by atoms with E-state index in [1.807, 2.05) is 24.3 Å². The van der Waals surface area contributed by atoms with Crippen molar-refractivity contribution in [3.63, 3.8) is 0 Å². The number of carbonyl (C=O) groups excluding carboxylic acids is 2. The van der Waals surface area contributed by atoms with Crippen LogP contribution in [0.25, 0.3) is 10.8 Å². The summed E-state index contributed by atoms with van der Waals surface area (Å²) in [5, 5.41) is 17.7. The first kappa shape index (κ1) is 15.3. The quantitative estimate of drug-likeness (QED) is 0.741. The number of phenols is 1. The van der Waals surface area contributed by atoms with Gasteiger partial charge in [-0.25, -0.2) is 0 Å². The largest absolute Gasteiger partial charge is 0.507 e. The fraction of sp³-hybridized carbons (Fsp3) is 0.294. The highest BCUT2D eigenvalue weighted by Gasteiger charge is 2.31. The van der Waals surface area contributed by atoms with Gasteiger partial charge in [0, 0.05) is 12.6 Å². The Labute approximate surface area is 133 Å².